The molecule has 3 aromatic rings. The third-order valence-electron chi connectivity index (χ3n) is 4.88. The third-order valence-corrected chi connectivity index (χ3v) is 5.43. The molecule has 0 saturated heterocycles. The van der Waals surface area contributed by atoms with Crippen molar-refractivity contribution in [3.05, 3.63) is 74.6 Å². The molecule has 1 aromatic heterocycles. The van der Waals surface area contributed by atoms with Crippen LogP contribution in [0.15, 0.2) is 42.5 Å². The number of carbonyl (C=O) groups excluding carboxylic acids is 1. The smallest absolute Gasteiger partial charge is 0.275 e. The van der Waals surface area contributed by atoms with Gasteiger partial charge in [-0.1, -0.05) is 36.7 Å². The number of para-hydroxylation sites is 1. The van der Waals surface area contributed by atoms with Gasteiger partial charge in [-0.2, -0.15) is 5.10 Å². The molecular formula is C22H23ClN4O4. The molecule has 0 aliphatic rings. The van der Waals surface area contributed by atoms with E-state index >= 15 is 0 Å². The van der Waals surface area contributed by atoms with Gasteiger partial charge in [0.15, 0.2) is 0 Å². The molecule has 0 aliphatic heterocycles. The molecule has 8 nitrogen and oxygen atoms in total. The van der Waals surface area contributed by atoms with Crippen LogP contribution in [0.25, 0.3) is 0 Å². The second-order valence-electron chi connectivity index (χ2n) is 7.40. The number of aryl methyl sites for hydroxylation is 2. The Kier molecular flexibility index (Phi) is 6.60. The predicted molar refractivity (Wildman–Crippen MR) is 119 cm³/mol. The highest BCUT2D eigenvalue weighted by atomic mass is 35.5. The SMILES string of the molecule is Cc1ccccc1Oc1cc(NC(=O)C(C)Cn2nc(C)c(Cl)c2C)cc([N+](=O)[O-])c1. The second kappa shape index (κ2) is 9.18. The number of benzene rings is 2. The number of rotatable bonds is 7. The lowest BCUT2D eigenvalue weighted by molar-refractivity contribution is -0.384. The van der Waals surface area contributed by atoms with E-state index in [1.807, 2.05) is 32.0 Å². The molecule has 3 rings (SSSR count). The fraction of sp³-hybridized carbons (Fsp3) is 0.273. The summed E-state index contributed by atoms with van der Waals surface area (Å²) >= 11 is 6.17. The maximum atomic E-state index is 12.7. The quantitative estimate of drug-likeness (QED) is 0.388. The number of nitro groups is 1. The molecule has 0 fully saturated rings. The first-order valence-electron chi connectivity index (χ1n) is 9.69. The number of ether oxygens (including phenoxy) is 1. The number of carbonyl (C=O) groups is 1. The minimum Gasteiger partial charge on any atom is -0.457 e. The first kappa shape index (κ1) is 22.3. The van der Waals surface area contributed by atoms with Crippen molar-refractivity contribution < 1.29 is 14.5 Å². The van der Waals surface area contributed by atoms with E-state index in [0.717, 1.165) is 11.3 Å². The topological polar surface area (TPSA) is 99.3 Å². The third kappa shape index (κ3) is 5.21. The summed E-state index contributed by atoms with van der Waals surface area (Å²) in [5.41, 5.74) is 2.46. The normalized spacial score (nSPS) is 11.8. The standard InChI is InChI=1S/C22H23ClN4O4/c1-13-7-5-6-8-20(13)31-19-10-17(9-18(11-19)27(29)30)24-22(28)14(2)12-26-16(4)21(23)15(3)25-26/h5-11,14H,12H2,1-4H3,(H,24,28). The zero-order valence-electron chi connectivity index (χ0n) is 17.7. The number of aromatic nitrogens is 2. The lowest BCUT2D eigenvalue weighted by Crippen LogP contribution is -2.25. The summed E-state index contributed by atoms with van der Waals surface area (Å²) in [4.78, 5) is 23.6. The number of hydrogen-bond donors (Lipinski definition) is 1. The molecule has 0 bridgehead atoms. The Bertz CT molecular complexity index is 1140. The highest BCUT2D eigenvalue weighted by Gasteiger charge is 2.19. The van der Waals surface area contributed by atoms with E-state index in [2.05, 4.69) is 10.4 Å². The number of nitrogens with zero attached hydrogens (tertiary/aromatic N) is 3. The van der Waals surface area contributed by atoms with Gasteiger partial charge in [0.2, 0.25) is 5.91 Å². The van der Waals surface area contributed by atoms with Crippen molar-refractivity contribution in [2.45, 2.75) is 34.2 Å². The molecule has 9 heteroatoms. The largest absolute Gasteiger partial charge is 0.457 e. The molecule has 1 atom stereocenters. The van der Waals surface area contributed by atoms with Crippen molar-refractivity contribution in [2.75, 3.05) is 5.32 Å². The Morgan fingerprint density at radius 2 is 1.97 bits per heavy atom. The number of anilines is 1. The van der Waals surface area contributed by atoms with E-state index in [1.54, 1.807) is 30.7 Å². The van der Waals surface area contributed by atoms with Crippen LogP contribution in [-0.2, 0) is 11.3 Å². The van der Waals surface area contributed by atoms with Crippen LogP contribution in [0, 0.1) is 36.8 Å². The van der Waals surface area contributed by atoms with Crippen molar-refractivity contribution in [1.29, 1.82) is 0 Å². The van der Waals surface area contributed by atoms with Gasteiger partial charge in [-0.05, 0) is 32.4 Å². The highest BCUT2D eigenvalue weighted by Crippen LogP contribution is 2.31. The molecule has 1 N–H and O–H groups in total. The molecule has 31 heavy (non-hydrogen) atoms. The van der Waals surface area contributed by atoms with Crippen LogP contribution in [0.1, 0.15) is 23.9 Å². The molecular weight excluding hydrogens is 420 g/mol. The van der Waals surface area contributed by atoms with Crippen LogP contribution >= 0.6 is 11.6 Å². The van der Waals surface area contributed by atoms with E-state index in [9.17, 15) is 14.9 Å². The van der Waals surface area contributed by atoms with Gasteiger partial charge < -0.3 is 10.1 Å². The van der Waals surface area contributed by atoms with Crippen molar-refractivity contribution in [2.24, 2.45) is 5.92 Å². The van der Waals surface area contributed by atoms with Crippen LogP contribution in [0.4, 0.5) is 11.4 Å². The average Bonchev–Trinajstić information content (AvgIpc) is 2.96. The van der Waals surface area contributed by atoms with Crippen molar-refractivity contribution in [3.63, 3.8) is 0 Å². The first-order chi connectivity index (χ1) is 14.7. The Labute approximate surface area is 184 Å². The van der Waals surface area contributed by atoms with E-state index < -0.39 is 10.8 Å². The Hall–Kier alpha value is -3.39. The minimum atomic E-state index is -0.526. The predicted octanol–water partition coefficient (Wildman–Crippen LogP) is 5.44. The number of halogens is 1. The lowest BCUT2D eigenvalue weighted by Gasteiger charge is -2.15. The average molecular weight is 443 g/mol. The van der Waals surface area contributed by atoms with Gasteiger partial charge in [-0.25, -0.2) is 0 Å². The number of amides is 1. The van der Waals surface area contributed by atoms with Crippen LogP contribution in [0.3, 0.4) is 0 Å². The van der Waals surface area contributed by atoms with Gasteiger partial charge in [-0.3, -0.25) is 19.6 Å². The Morgan fingerprint density at radius 3 is 2.58 bits per heavy atom. The summed E-state index contributed by atoms with van der Waals surface area (Å²) in [7, 11) is 0. The number of nitro benzene ring substituents is 1. The number of nitrogens with one attached hydrogen (secondary N) is 1. The van der Waals surface area contributed by atoms with Crippen molar-refractivity contribution in [1.82, 2.24) is 9.78 Å². The van der Waals surface area contributed by atoms with Crippen LogP contribution in [0.5, 0.6) is 11.5 Å². The monoisotopic (exact) mass is 442 g/mol. The summed E-state index contributed by atoms with van der Waals surface area (Å²) in [5.74, 6) is 0.0897. The second-order valence-corrected chi connectivity index (χ2v) is 7.78. The molecule has 2 aromatic carbocycles. The molecule has 0 saturated carbocycles. The van der Waals surface area contributed by atoms with E-state index in [0.29, 0.717) is 23.0 Å². The van der Waals surface area contributed by atoms with Crippen LogP contribution < -0.4 is 10.1 Å². The molecule has 0 spiro atoms. The summed E-state index contributed by atoms with van der Waals surface area (Å²) in [6.07, 6.45) is 0. The molecule has 1 heterocycles. The van der Waals surface area contributed by atoms with Crippen LogP contribution in [-0.4, -0.2) is 20.6 Å². The summed E-state index contributed by atoms with van der Waals surface area (Å²) in [5, 5.41) is 19.0. The molecule has 1 unspecified atom stereocenters. The first-order valence-corrected chi connectivity index (χ1v) is 10.1. The Balaban J connectivity index is 1.80. The zero-order chi connectivity index (χ0) is 22.7. The van der Waals surface area contributed by atoms with Gasteiger partial charge >= 0.3 is 0 Å². The van der Waals surface area contributed by atoms with Gasteiger partial charge in [0.05, 0.1) is 45.6 Å². The molecule has 1 amide bonds. The highest BCUT2D eigenvalue weighted by molar-refractivity contribution is 6.31. The van der Waals surface area contributed by atoms with Crippen LogP contribution in [0.2, 0.25) is 5.02 Å². The van der Waals surface area contributed by atoms with Crippen molar-refractivity contribution >= 4 is 28.9 Å². The maximum absolute atomic E-state index is 12.7. The fourth-order valence-corrected chi connectivity index (χ4v) is 3.21. The van der Waals surface area contributed by atoms with Gasteiger partial charge in [0, 0.05) is 12.1 Å². The lowest BCUT2D eigenvalue weighted by atomic mass is 10.1. The van der Waals surface area contributed by atoms with Gasteiger partial charge in [0.25, 0.3) is 5.69 Å². The Morgan fingerprint density at radius 1 is 1.26 bits per heavy atom. The minimum absolute atomic E-state index is 0.181. The summed E-state index contributed by atoms with van der Waals surface area (Å²) in [6.45, 7) is 7.59. The summed E-state index contributed by atoms with van der Waals surface area (Å²) < 4.78 is 7.51. The number of non-ortho nitro benzene ring substituents is 1. The summed E-state index contributed by atoms with van der Waals surface area (Å²) in [6, 6.07) is 11.5. The zero-order valence-corrected chi connectivity index (χ0v) is 18.4. The fourth-order valence-electron chi connectivity index (χ4n) is 3.08. The van der Waals surface area contributed by atoms with E-state index in [1.165, 1.54) is 12.1 Å². The molecule has 0 aliphatic carbocycles. The van der Waals surface area contributed by atoms with Gasteiger partial charge in [-0.15, -0.1) is 0 Å². The van der Waals surface area contributed by atoms with Gasteiger partial charge in [0.1, 0.15) is 11.5 Å². The van der Waals surface area contributed by atoms with E-state index in [-0.39, 0.29) is 23.0 Å². The van der Waals surface area contributed by atoms with Crippen molar-refractivity contribution in [3.8, 4) is 11.5 Å². The van der Waals surface area contributed by atoms with E-state index in [4.69, 9.17) is 16.3 Å². The molecule has 162 valence electrons. The maximum Gasteiger partial charge on any atom is 0.275 e. The number of hydrogen-bond acceptors (Lipinski definition) is 5. The molecule has 0 radical (unpaired) electrons.